The van der Waals surface area contributed by atoms with Gasteiger partial charge in [-0.3, -0.25) is 0 Å². The molecule has 1 heterocycles. The molecule has 1 aromatic heterocycles. The molecule has 1 aromatic carbocycles. The van der Waals surface area contributed by atoms with Gasteiger partial charge in [0.2, 0.25) is 0 Å². The second-order valence-corrected chi connectivity index (χ2v) is 5.45. The van der Waals surface area contributed by atoms with Crippen molar-refractivity contribution in [3.05, 3.63) is 35.5 Å². The van der Waals surface area contributed by atoms with Crippen molar-refractivity contribution in [3.8, 4) is 11.8 Å². The molecule has 0 fully saturated rings. The number of benzene rings is 1. The first-order valence-electron chi connectivity index (χ1n) is 6.48. The fourth-order valence-corrected chi connectivity index (χ4v) is 2.41. The van der Waals surface area contributed by atoms with Gasteiger partial charge in [-0.15, -0.1) is 0 Å². The zero-order chi connectivity index (χ0) is 14.5. The summed E-state index contributed by atoms with van der Waals surface area (Å²) in [6, 6.07) is 7.30. The number of rotatable bonds is 3. The van der Waals surface area contributed by atoms with Crippen molar-refractivity contribution in [1.29, 1.82) is 0 Å². The van der Waals surface area contributed by atoms with E-state index in [0.717, 1.165) is 34.6 Å². The molecule has 0 aliphatic rings. The molecular formula is C16H14AsNO2. The SMILES string of the molecule is CCCCC#Cc1cc(C(=O)O)nc2c([As])cccc12. The zero-order valence-electron chi connectivity index (χ0n) is 11.2. The van der Waals surface area contributed by atoms with Crippen LogP contribution < -0.4 is 4.35 Å². The summed E-state index contributed by atoms with van der Waals surface area (Å²) in [5.41, 5.74) is 1.46. The number of hydrogen-bond donors (Lipinski definition) is 1. The number of nitrogens with zero attached hydrogens (tertiary/aromatic N) is 1. The van der Waals surface area contributed by atoms with E-state index < -0.39 is 5.97 Å². The third-order valence-corrected chi connectivity index (χ3v) is 3.67. The number of pyridine rings is 1. The molecule has 0 saturated carbocycles. The Balaban J connectivity index is 2.58. The third kappa shape index (κ3) is 3.21. The summed E-state index contributed by atoms with van der Waals surface area (Å²) >= 11 is 2.42. The van der Waals surface area contributed by atoms with Crippen LogP contribution in [0.1, 0.15) is 42.2 Å². The van der Waals surface area contributed by atoms with E-state index in [9.17, 15) is 4.79 Å². The summed E-state index contributed by atoms with van der Waals surface area (Å²) in [5.74, 6) is 5.16. The van der Waals surface area contributed by atoms with Gasteiger partial charge in [0.15, 0.2) is 0 Å². The molecule has 0 amide bonds. The molecule has 0 aliphatic heterocycles. The van der Waals surface area contributed by atoms with Crippen LogP contribution in [0.4, 0.5) is 0 Å². The molecule has 3 nitrogen and oxygen atoms in total. The molecule has 0 saturated heterocycles. The monoisotopic (exact) mass is 327 g/mol. The number of carboxylic acids is 1. The predicted octanol–water partition coefficient (Wildman–Crippen LogP) is 2.27. The van der Waals surface area contributed by atoms with Crippen LogP contribution in [-0.2, 0) is 0 Å². The van der Waals surface area contributed by atoms with E-state index in [-0.39, 0.29) is 5.69 Å². The Bertz CT molecular complexity index is 713. The Hall–Kier alpha value is -1.78. The minimum absolute atomic E-state index is 0.0378. The molecule has 1 N–H and O–H groups in total. The first-order chi connectivity index (χ1) is 9.63. The van der Waals surface area contributed by atoms with Gasteiger partial charge in [-0.25, -0.2) is 0 Å². The molecule has 0 aliphatic carbocycles. The first-order valence-corrected chi connectivity index (χ1v) is 7.42. The van der Waals surface area contributed by atoms with Gasteiger partial charge in [0, 0.05) is 0 Å². The van der Waals surface area contributed by atoms with Crippen LogP contribution >= 0.6 is 0 Å². The van der Waals surface area contributed by atoms with Crippen molar-refractivity contribution >= 4 is 38.1 Å². The number of aromatic carboxylic acids is 1. The summed E-state index contributed by atoms with van der Waals surface area (Å²) in [6.45, 7) is 2.12. The van der Waals surface area contributed by atoms with Gasteiger partial charge in [0.25, 0.3) is 0 Å². The van der Waals surface area contributed by atoms with Gasteiger partial charge in [-0.05, 0) is 0 Å². The second-order valence-electron chi connectivity index (χ2n) is 4.44. The van der Waals surface area contributed by atoms with E-state index in [1.54, 1.807) is 6.07 Å². The maximum absolute atomic E-state index is 11.2. The number of carbonyl (C=O) groups is 1. The Morgan fingerprint density at radius 1 is 1.45 bits per heavy atom. The van der Waals surface area contributed by atoms with Crippen LogP contribution in [0.3, 0.4) is 0 Å². The van der Waals surface area contributed by atoms with E-state index in [1.807, 2.05) is 18.2 Å². The molecule has 2 radical (unpaired) electrons. The standard InChI is InChI=1S/C16H14AsNO2/c1-2-3-4-5-7-11-10-14(16(19)20)18-15-12(11)8-6-9-13(15)17/h6,8-10H,2-4H2,1H3,(H,19,20). The fourth-order valence-electron chi connectivity index (χ4n) is 1.87. The van der Waals surface area contributed by atoms with Crippen molar-refractivity contribution in [3.63, 3.8) is 0 Å². The van der Waals surface area contributed by atoms with E-state index in [1.165, 1.54) is 0 Å². The van der Waals surface area contributed by atoms with Gasteiger partial charge >= 0.3 is 127 Å². The Morgan fingerprint density at radius 3 is 2.95 bits per heavy atom. The summed E-state index contributed by atoms with van der Waals surface area (Å²) in [5, 5.41) is 10.1. The summed E-state index contributed by atoms with van der Waals surface area (Å²) in [7, 11) is 0. The van der Waals surface area contributed by atoms with Crippen molar-refractivity contribution in [1.82, 2.24) is 4.98 Å². The van der Waals surface area contributed by atoms with Gasteiger partial charge < -0.3 is 0 Å². The van der Waals surface area contributed by atoms with Crippen molar-refractivity contribution in [2.45, 2.75) is 26.2 Å². The topological polar surface area (TPSA) is 50.2 Å². The van der Waals surface area contributed by atoms with Gasteiger partial charge in [-0.2, -0.15) is 0 Å². The average Bonchev–Trinajstić information content (AvgIpc) is 2.44. The minimum atomic E-state index is -1.03. The summed E-state index contributed by atoms with van der Waals surface area (Å²) < 4.78 is 0.898. The van der Waals surface area contributed by atoms with Gasteiger partial charge in [0.05, 0.1) is 0 Å². The second kappa shape index (κ2) is 6.59. The Kier molecular flexibility index (Phi) is 4.82. The normalized spacial score (nSPS) is 10.1. The van der Waals surface area contributed by atoms with Crippen LogP contribution in [0.15, 0.2) is 24.3 Å². The van der Waals surface area contributed by atoms with Crippen LogP contribution in [0, 0.1) is 11.8 Å². The average molecular weight is 327 g/mol. The summed E-state index contributed by atoms with van der Waals surface area (Å²) in [6.07, 6.45) is 2.98. The fraction of sp³-hybridized carbons (Fsp3) is 0.250. The van der Waals surface area contributed by atoms with Crippen LogP contribution in [-0.4, -0.2) is 32.9 Å². The molecular weight excluding hydrogens is 313 g/mol. The number of para-hydroxylation sites is 1. The zero-order valence-corrected chi connectivity index (χ0v) is 13.1. The van der Waals surface area contributed by atoms with Crippen LogP contribution in [0.5, 0.6) is 0 Å². The van der Waals surface area contributed by atoms with E-state index in [2.05, 4.69) is 40.6 Å². The number of aromatic nitrogens is 1. The van der Waals surface area contributed by atoms with Gasteiger partial charge in [0.1, 0.15) is 0 Å². The maximum atomic E-state index is 11.2. The van der Waals surface area contributed by atoms with Crippen LogP contribution in [0.25, 0.3) is 10.9 Å². The van der Waals surface area contributed by atoms with E-state index >= 15 is 0 Å². The van der Waals surface area contributed by atoms with Crippen LogP contribution in [0.2, 0.25) is 0 Å². The number of unbranched alkanes of at least 4 members (excludes halogenated alkanes) is 2. The molecule has 2 rings (SSSR count). The number of hydrogen-bond acceptors (Lipinski definition) is 2. The van der Waals surface area contributed by atoms with E-state index in [4.69, 9.17) is 5.11 Å². The molecule has 0 atom stereocenters. The molecule has 20 heavy (non-hydrogen) atoms. The number of carboxylic acid groups (broad SMARTS) is 1. The van der Waals surface area contributed by atoms with Crippen molar-refractivity contribution in [2.24, 2.45) is 0 Å². The van der Waals surface area contributed by atoms with Gasteiger partial charge in [-0.1, -0.05) is 0 Å². The molecule has 0 spiro atoms. The Labute approximate surface area is 126 Å². The number of fused-ring (bicyclic) bond motifs is 1. The quantitative estimate of drug-likeness (QED) is 0.534. The first kappa shape index (κ1) is 14.6. The van der Waals surface area contributed by atoms with E-state index in [0.29, 0.717) is 5.52 Å². The molecule has 0 unspecified atom stereocenters. The molecule has 4 heteroatoms. The predicted molar refractivity (Wildman–Crippen MR) is 80.5 cm³/mol. The molecule has 100 valence electrons. The van der Waals surface area contributed by atoms with Crippen molar-refractivity contribution in [2.75, 3.05) is 0 Å². The summed E-state index contributed by atoms with van der Waals surface area (Å²) in [4.78, 5) is 15.4. The Morgan fingerprint density at radius 2 is 2.25 bits per heavy atom. The molecule has 2 aromatic rings. The van der Waals surface area contributed by atoms with Crippen molar-refractivity contribution < 1.29 is 9.90 Å². The third-order valence-electron chi connectivity index (χ3n) is 2.92. The molecule has 0 bridgehead atoms.